The van der Waals surface area contributed by atoms with Crippen LogP contribution in [0.2, 0.25) is 0 Å². The van der Waals surface area contributed by atoms with Crippen molar-refractivity contribution in [3.8, 4) is 11.3 Å². The molecule has 0 spiro atoms. The summed E-state index contributed by atoms with van der Waals surface area (Å²) in [6.07, 6.45) is 2.87. The van der Waals surface area contributed by atoms with E-state index in [1.54, 1.807) is 30.5 Å². The van der Waals surface area contributed by atoms with E-state index in [1.807, 2.05) is 0 Å². The minimum absolute atomic E-state index is 0.0930. The Balaban J connectivity index is 2.16. The fourth-order valence-corrected chi connectivity index (χ4v) is 2.26. The minimum atomic E-state index is -1.12. The van der Waals surface area contributed by atoms with Crippen LogP contribution in [0.3, 0.4) is 0 Å². The number of rotatable bonds is 7. The van der Waals surface area contributed by atoms with Gasteiger partial charge in [-0.3, -0.25) is 9.59 Å². The molecule has 0 bridgehead atoms. The quantitative estimate of drug-likeness (QED) is 0.784. The van der Waals surface area contributed by atoms with Crippen molar-refractivity contribution in [1.29, 1.82) is 0 Å². The number of nitrogens with one attached hydrogen (secondary N) is 1. The zero-order chi connectivity index (χ0) is 18.4. The number of carbonyl (C=O) groups excluding carboxylic acids is 2. The number of carboxylic acid groups (broad SMARTS) is 1. The highest BCUT2D eigenvalue weighted by molar-refractivity contribution is 5.97. The maximum Gasteiger partial charge on any atom is 0.326 e. The number of aromatic nitrogens is 1. The maximum absolute atomic E-state index is 12.7. The van der Waals surface area contributed by atoms with Gasteiger partial charge in [-0.2, -0.15) is 0 Å². The summed E-state index contributed by atoms with van der Waals surface area (Å²) in [4.78, 5) is 40.0. The van der Waals surface area contributed by atoms with Gasteiger partial charge in [-0.15, -0.1) is 0 Å². The van der Waals surface area contributed by atoms with Crippen LogP contribution in [0.25, 0.3) is 11.3 Å². The first kappa shape index (κ1) is 18.2. The number of carbonyl (C=O) groups is 3. The Morgan fingerprint density at radius 2 is 1.96 bits per heavy atom. The standard InChI is InChI=1S/C17H19N3O5/c1-11(17(23)24)20(8-7-19-12(2)21)16(22)14-5-3-13(4-6-14)15-9-18-10-25-15/h3-6,9-11H,7-8H2,1-2H3,(H,19,21)(H,23,24). The third-order valence-corrected chi connectivity index (χ3v) is 3.66. The third-order valence-electron chi connectivity index (χ3n) is 3.66. The molecule has 0 radical (unpaired) electrons. The highest BCUT2D eigenvalue weighted by Crippen LogP contribution is 2.20. The van der Waals surface area contributed by atoms with Gasteiger partial charge in [0.15, 0.2) is 12.2 Å². The van der Waals surface area contributed by atoms with E-state index in [4.69, 9.17) is 4.42 Å². The Morgan fingerprint density at radius 1 is 1.28 bits per heavy atom. The smallest absolute Gasteiger partial charge is 0.326 e. The molecule has 2 rings (SSSR count). The maximum atomic E-state index is 12.7. The Morgan fingerprint density at radius 3 is 2.48 bits per heavy atom. The molecule has 1 atom stereocenters. The second kappa shape index (κ2) is 8.09. The lowest BCUT2D eigenvalue weighted by atomic mass is 10.1. The van der Waals surface area contributed by atoms with E-state index in [-0.39, 0.29) is 19.0 Å². The molecule has 0 saturated carbocycles. The lowest BCUT2D eigenvalue weighted by Crippen LogP contribution is -2.46. The molecule has 2 amide bonds. The predicted octanol–water partition coefficient (Wildman–Crippen LogP) is 1.39. The average molecular weight is 345 g/mol. The number of nitrogens with zero attached hydrogens (tertiary/aromatic N) is 2. The van der Waals surface area contributed by atoms with E-state index < -0.39 is 17.9 Å². The first-order valence-electron chi connectivity index (χ1n) is 7.67. The Hall–Kier alpha value is -3.16. The van der Waals surface area contributed by atoms with Crippen molar-refractivity contribution in [2.75, 3.05) is 13.1 Å². The van der Waals surface area contributed by atoms with Crippen LogP contribution < -0.4 is 5.32 Å². The first-order chi connectivity index (χ1) is 11.9. The van der Waals surface area contributed by atoms with Crippen molar-refractivity contribution in [3.63, 3.8) is 0 Å². The number of aliphatic carboxylic acids is 1. The Bertz CT molecular complexity index is 740. The normalized spacial score (nSPS) is 11.6. The van der Waals surface area contributed by atoms with Crippen molar-refractivity contribution < 1.29 is 23.9 Å². The summed E-state index contributed by atoms with van der Waals surface area (Å²) in [5.41, 5.74) is 1.10. The third kappa shape index (κ3) is 4.66. The summed E-state index contributed by atoms with van der Waals surface area (Å²) in [6, 6.07) is 5.58. The molecule has 2 N–H and O–H groups in total. The molecule has 8 nitrogen and oxygen atoms in total. The summed E-state index contributed by atoms with van der Waals surface area (Å²) >= 11 is 0. The summed E-state index contributed by atoms with van der Waals surface area (Å²) < 4.78 is 5.19. The monoisotopic (exact) mass is 345 g/mol. The molecule has 0 aliphatic heterocycles. The van der Waals surface area contributed by atoms with Gasteiger partial charge in [0, 0.05) is 31.1 Å². The molecule has 0 saturated heterocycles. The molecule has 2 aromatic rings. The molecule has 1 unspecified atom stereocenters. The lowest BCUT2D eigenvalue weighted by Gasteiger charge is -2.26. The molecule has 0 aliphatic carbocycles. The number of carboxylic acids is 1. The molecular formula is C17H19N3O5. The van der Waals surface area contributed by atoms with Crippen LogP contribution in [-0.4, -0.2) is 51.9 Å². The number of benzene rings is 1. The van der Waals surface area contributed by atoms with Crippen LogP contribution in [0.4, 0.5) is 0 Å². The summed E-state index contributed by atoms with van der Waals surface area (Å²) in [6.45, 7) is 3.05. The lowest BCUT2D eigenvalue weighted by molar-refractivity contribution is -0.141. The fraction of sp³-hybridized carbons (Fsp3) is 0.294. The van der Waals surface area contributed by atoms with Crippen LogP contribution in [-0.2, 0) is 9.59 Å². The van der Waals surface area contributed by atoms with Crippen LogP contribution >= 0.6 is 0 Å². The highest BCUT2D eigenvalue weighted by atomic mass is 16.4. The van der Waals surface area contributed by atoms with Crippen LogP contribution in [0.5, 0.6) is 0 Å². The number of hydrogen-bond donors (Lipinski definition) is 2. The van der Waals surface area contributed by atoms with Crippen LogP contribution in [0, 0.1) is 0 Å². The average Bonchev–Trinajstić information content (AvgIpc) is 3.12. The van der Waals surface area contributed by atoms with Gasteiger partial charge in [0.1, 0.15) is 6.04 Å². The Kier molecular flexibility index (Phi) is 5.89. The molecule has 0 aliphatic rings. The van der Waals surface area contributed by atoms with E-state index in [1.165, 1.54) is 25.1 Å². The minimum Gasteiger partial charge on any atom is -0.480 e. The second-order valence-corrected chi connectivity index (χ2v) is 5.44. The van der Waals surface area contributed by atoms with Gasteiger partial charge >= 0.3 is 5.97 Å². The molecule has 0 fully saturated rings. The molecular weight excluding hydrogens is 326 g/mol. The van der Waals surface area contributed by atoms with E-state index >= 15 is 0 Å². The summed E-state index contributed by atoms with van der Waals surface area (Å²) in [5.74, 6) is -1.22. The largest absolute Gasteiger partial charge is 0.480 e. The molecule has 1 aromatic carbocycles. The van der Waals surface area contributed by atoms with Gasteiger partial charge in [-0.25, -0.2) is 9.78 Å². The molecule has 1 heterocycles. The predicted molar refractivity (Wildman–Crippen MR) is 88.8 cm³/mol. The van der Waals surface area contributed by atoms with Gasteiger partial charge in [0.2, 0.25) is 5.91 Å². The van der Waals surface area contributed by atoms with Gasteiger partial charge in [0.05, 0.1) is 6.20 Å². The van der Waals surface area contributed by atoms with Crippen LogP contribution in [0.15, 0.2) is 41.3 Å². The van der Waals surface area contributed by atoms with Gasteiger partial charge < -0.3 is 19.7 Å². The number of amides is 2. The van der Waals surface area contributed by atoms with Gasteiger partial charge in [-0.05, 0) is 19.1 Å². The second-order valence-electron chi connectivity index (χ2n) is 5.44. The molecule has 1 aromatic heterocycles. The van der Waals surface area contributed by atoms with Gasteiger partial charge in [-0.1, -0.05) is 12.1 Å². The van der Waals surface area contributed by atoms with E-state index in [0.717, 1.165) is 5.56 Å². The van der Waals surface area contributed by atoms with Crippen molar-refractivity contribution >= 4 is 17.8 Å². The van der Waals surface area contributed by atoms with Crippen LogP contribution in [0.1, 0.15) is 24.2 Å². The van der Waals surface area contributed by atoms with Crippen molar-refractivity contribution in [2.24, 2.45) is 0 Å². The SMILES string of the molecule is CC(=O)NCCN(C(=O)c1ccc(-c2cnco2)cc1)C(C)C(=O)O. The summed E-state index contributed by atoms with van der Waals surface area (Å²) in [5, 5.41) is 11.8. The molecule has 132 valence electrons. The van der Waals surface area contributed by atoms with E-state index in [2.05, 4.69) is 10.3 Å². The molecule has 25 heavy (non-hydrogen) atoms. The number of oxazole rings is 1. The highest BCUT2D eigenvalue weighted by Gasteiger charge is 2.26. The Labute approximate surface area is 144 Å². The fourth-order valence-electron chi connectivity index (χ4n) is 2.26. The molecule has 8 heteroatoms. The van der Waals surface area contributed by atoms with Crippen molar-refractivity contribution in [3.05, 3.63) is 42.4 Å². The van der Waals surface area contributed by atoms with E-state index in [0.29, 0.717) is 11.3 Å². The number of hydrogen-bond acceptors (Lipinski definition) is 5. The van der Waals surface area contributed by atoms with E-state index in [9.17, 15) is 19.5 Å². The van der Waals surface area contributed by atoms with Gasteiger partial charge in [0.25, 0.3) is 5.91 Å². The zero-order valence-corrected chi connectivity index (χ0v) is 13.9. The van der Waals surface area contributed by atoms with Crippen molar-refractivity contribution in [1.82, 2.24) is 15.2 Å². The topological polar surface area (TPSA) is 113 Å². The zero-order valence-electron chi connectivity index (χ0n) is 13.9. The van der Waals surface area contributed by atoms with Crippen molar-refractivity contribution in [2.45, 2.75) is 19.9 Å². The summed E-state index contributed by atoms with van der Waals surface area (Å²) in [7, 11) is 0. The first-order valence-corrected chi connectivity index (χ1v) is 7.67.